The van der Waals surface area contributed by atoms with Crippen molar-refractivity contribution in [2.75, 3.05) is 0 Å². The van der Waals surface area contributed by atoms with E-state index in [1.807, 2.05) is 24.3 Å². The molecule has 90 valence electrons. The van der Waals surface area contributed by atoms with Crippen LogP contribution in [0, 0.1) is 0 Å². The molecule has 0 aromatic heterocycles. The summed E-state index contributed by atoms with van der Waals surface area (Å²) >= 11 is 0. The lowest BCUT2D eigenvalue weighted by Gasteiger charge is -2.19. The Labute approximate surface area is 107 Å². The van der Waals surface area contributed by atoms with Gasteiger partial charge < -0.3 is 0 Å². The monoisotopic (exact) mass is 236 g/mol. The van der Waals surface area contributed by atoms with Crippen molar-refractivity contribution < 1.29 is 4.79 Å². The van der Waals surface area contributed by atoms with Crippen LogP contribution in [0.25, 0.3) is 0 Å². The SMILES string of the molecule is CC(C)c1ccc2c(c1)C(=O)c1ccccc1C2. The van der Waals surface area contributed by atoms with Crippen LogP contribution in [0.3, 0.4) is 0 Å². The molecule has 0 saturated carbocycles. The van der Waals surface area contributed by atoms with Crippen molar-refractivity contribution in [3.63, 3.8) is 0 Å². The molecule has 0 saturated heterocycles. The number of carbonyl (C=O) groups is 1. The quantitative estimate of drug-likeness (QED) is 0.625. The molecule has 0 radical (unpaired) electrons. The summed E-state index contributed by atoms with van der Waals surface area (Å²) in [5.41, 5.74) is 5.29. The molecule has 0 unspecified atom stereocenters. The van der Waals surface area contributed by atoms with Crippen LogP contribution < -0.4 is 0 Å². The minimum Gasteiger partial charge on any atom is -0.289 e. The molecule has 2 aromatic rings. The molecule has 0 fully saturated rings. The third-order valence-corrected chi connectivity index (χ3v) is 3.69. The summed E-state index contributed by atoms with van der Waals surface area (Å²) in [6.45, 7) is 4.31. The predicted molar refractivity (Wildman–Crippen MR) is 73.2 cm³/mol. The van der Waals surface area contributed by atoms with E-state index in [0.29, 0.717) is 5.92 Å². The number of hydrogen-bond acceptors (Lipinski definition) is 1. The Morgan fingerprint density at radius 3 is 2.44 bits per heavy atom. The lowest BCUT2D eigenvalue weighted by molar-refractivity contribution is 0.103. The summed E-state index contributed by atoms with van der Waals surface area (Å²) in [5.74, 6) is 0.634. The molecule has 1 aliphatic carbocycles. The molecule has 0 amide bonds. The molecule has 3 rings (SSSR count). The fraction of sp³-hybridized carbons (Fsp3) is 0.235. The lowest BCUT2D eigenvalue weighted by Crippen LogP contribution is -2.15. The van der Waals surface area contributed by atoms with Crippen molar-refractivity contribution in [1.82, 2.24) is 0 Å². The van der Waals surface area contributed by atoms with E-state index in [2.05, 4.69) is 32.0 Å². The molecule has 0 N–H and O–H groups in total. The Hall–Kier alpha value is -1.89. The molecule has 1 heteroatoms. The van der Waals surface area contributed by atoms with Crippen LogP contribution in [0.4, 0.5) is 0 Å². The van der Waals surface area contributed by atoms with Crippen LogP contribution in [-0.2, 0) is 6.42 Å². The Bertz CT molecular complexity index is 623. The average Bonchev–Trinajstić information content (AvgIpc) is 2.38. The molecule has 0 atom stereocenters. The largest absolute Gasteiger partial charge is 0.289 e. The first-order valence-corrected chi connectivity index (χ1v) is 6.42. The maximum Gasteiger partial charge on any atom is 0.193 e. The van der Waals surface area contributed by atoms with Gasteiger partial charge in [0.2, 0.25) is 0 Å². The number of fused-ring (bicyclic) bond motifs is 2. The zero-order chi connectivity index (χ0) is 12.7. The molecule has 1 nitrogen and oxygen atoms in total. The number of carbonyl (C=O) groups excluding carboxylic acids is 1. The van der Waals surface area contributed by atoms with E-state index < -0.39 is 0 Å². The first kappa shape index (κ1) is 11.2. The molecule has 2 aromatic carbocycles. The van der Waals surface area contributed by atoms with Crippen LogP contribution in [0.1, 0.15) is 52.4 Å². The molecule has 0 aliphatic heterocycles. The second-order valence-corrected chi connectivity index (χ2v) is 5.23. The van der Waals surface area contributed by atoms with Gasteiger partial charge in [0.1, 0.15) is 0 Å². The predicted octanol–water partition coefficient (Wildman–Crippen LogP) is 3.95. The first-order valence-electron chi connectivity index (χ1n) is 6.42. The Kier molecular flexibility index (Phi) is 2.55. The van der Waals surface area contributed by atoms with Gasteiger partial charge in [-0.2, -0.15) is 0 Å². The molecular formula is C17H16O. The van der Waals surface area contributed by atoms with Gasteiger partial charge in [0.25, 0.3) is 0 Å². The number of benzene rings is 2. The van der Waals surface area contributed by atoms with Gasteiger partial charge in [-0.25, -0.2) is 0 Å². The Morgan fingerprint density at radius 2 is 1.67 bits per heavy atom. The van der Waals surface area contributed by atoms with E-state index >= 15 is 0 Å². The minimum absolute atomic E-state index is 0.175. The van der Waals surface area contributed by atoms with Gasteiger partial charge in [0.15, 0.2) is 5.78 Å². The zero-order valence-corrected chi connectivity index (χ0v) is 10.7. The molecule has 1 aliphatic rings. The highest BCUT2D eigenvalue weighted by Gasteiger charge is 2.23. The van der Waals surface area contributed by atoms with Gasteiger partial charge in [-0.1, -0.05) is 50.2 Å². The third kappa shape index (κ3) is 1.67. The maximum atomic E-state index is 12.5. The molecular weight excluding hydrogens is 220 g/mol. The van der Waals surface area contributed by atoms with Gasteiger partial charge in [0, 0.05) is 11.1 Å². The first-order chi connectivity index (χ1) is 8.66. The molecule has 18 heavy (non-hydrogen) atoms. The fourth-order valence-corrected chi connectivity index (χ4v) is 2.56. The van der Waals surface area contributed by atoms with E-state index in [0.717, 1.165) is 28.7 Å². The maximum absolute atomic E-state index is 12.5. The Balaban J connectivity index is 2.14. The van der Waals surface area contributed by atoms with Gasteiger partial charge >= 0.3 is 0 Å². The van der Waals surface area contributed by atoms with Gasteiger partial charge in [0.05, 0.1) is 0 Å². The smallest absolute Gasteiger partial charge is 0.193 e. The van der Waals surface area contributed by atoms with Crippen molar-refractivity contribution in [3.05, 3.63) is 70.3 Å². The summed E-state index contributed by atoms with van der Waals surface area (Å²) in [7, 11) is 0. The molecule has 0 heterocycles. The average molecular weight is 236 g/mol. The van der Waals surface area contributed by atoms with E-state index in [-0.39, 0.29) is 5.78 Å². The standard InChI is InChI=1S/C17H16O/c1-11(2)12-7-8-14-9-13-5-3-4-6-15(13)17(18)16(14)10-12/h3-8,10-11H,9H2,1-2H3. The number of rotatable bonds is 1. The molecule has 0 bridgehead atoms. The normalized spacial score (nSPS) is 13.4. The van der Waals surface area contributed by atoms with Crippen LogP contribution in [0.15, 0.2) is 42.5 Å². The highest BCUT2D eigenvalue weighted by atomic mass is 16.1. The van der Waals surface area contributed by atoms with Crippen molar-refractivity contribution in [2.24, 2.45) is 0 Å². The summed E-state index contributed by atoms with van der Waals surface area (Å²) in [5, 5.41) is 0. The third-order valence-electron chi connectivity index (χ3n) is 3.69. The van der Waals surface area contributed by atoms with Crippen molar-refractivity contribution >= 4 is 5.78 Å². The number of hydrogen-bond donors (Lipinski definition) is 0. The van der Waals surface area contributed by atoms with Crippen LogP contribution in [0.2, 0.25) is 0 Å². The minimum atomic E-state index is 0.175. The fourth-order valence-electron chi connectivity index (χ4n) is 2.56. The summed E-state index contributed by atoms with van der Waals surface area (Å²) in [6, 6.07) is 14.2. The zero-order valence-electron chi connectivity index (χ0n) is 10.7. The molecule has 0 spiro atoms. The second-order valence-electron chi connectivity index (χ2n) is 5.23. The van der Waals surface area contributed by atoms with Gasteiger partial charge in [-0.3, -0.25) is 4.79 Å². The Morgan fingerprint density at radius 1 is 0.944 bits per heavy atom. The van der Waals surface area contributed by atoms with Crippen LogP contribution in [0.5, 0.6) is 0 Å². The summed E-state index contributed by atoms with van der Waals surface area (Å²) in [6.07, 6.45) is 0.871. The van der Waals surface area contributed by atoms with Crippen molar-refractivity contribution in [3.8, 4) is 0 Å². The highest BCUT2D eigenvalue weighted by molar-refractivity contribution is 6.12. The summed E-state index contributed by atoms with van der Waals surface area (Å²) in [4.78, 5) is 12.5. The van der Waals surface area contributed by atoms with E-state index in [4.69, 9.17) is 0 Å². The number of ketones is 1. The summed E-state index contributed by atoms with van der Waals surface area (Å²) < 4.78 is 0. The van der Waals surface area contributed by atoms with Crippen LogP contribution in [-0.4, -0.2) is 5.78 Å². The van der Waals surface area contributed by atoms with Crippen molar-refractivity contribution in [1.29, 1.82) is 0 Å². The second kappa shape index (κ2) is 4.09. The van der Waals surface area contributed by atoms with E-state index in [9.17, 15) is 4.79 Å². The van der Waals surface area contributed by atoms with E-state index in [1.54, 1.807) is 0 Å². The van der Waals surface area contributed by atoms with Crippen molar-refractivity contribution in [2.45, 2.75) is 26.2 Å². The lowest BCUT2D eigenvalue weighted by atomic mass is 9.83. The van der Waals surface area contributed by atoms with Gasteiger partial charge in [-0.05, 0) is 35.1 Å². The topological polar surface area (TPSA) is 17.1 Å². The highest BCUT2D eigenvalue weighted by Crippen LogP contribution is 2.29. The van der Waals surface area contributed by atoms with E-state index in [1.165, 1.54) is 5.56 Å². The van der Waals surface area contributed by atoms with Crippen LogP contribution >= 0.6 is 0 Å². The van der Waals surface area contributed by atoms with Gasteiger partial charge in [-0.15, -0.1) is 0 Å².